The van der Waals surface area contributed by atoms with Gasteiger partial charge in [0.15, 0.2) is 0 Å². The molecule has 0 saturated carbocycles. The fourth-order valence-corrected chi connectivity index (χ4v) is 7.43. The van der Waals surface area contributed by atoms with Crippen molar-refractivity contribution in [1.29, 1.82) is 0 Å². The number of para-hydroxylation sites is 2. The number of hydrogen-bond donors (Lipinski definition) is 0. The van der Waals surface area contributed by atoms with Gasteiger partial charge in [0, 0.05) is 0 Å². The molecule has 0 aliphatic rings. The molecule has 138 valence electrons. The van der Waals surface area contributed by atoms with E-state index in [9.17, 15) is 0 Å². The normalized spacial score (nSPS) is 12.3. The molecule has 0 spiro atoms. The van der Waals surface area contributed by atoms with Crippen LogP contribution in [0.15, 0.2) is 71.1 Å². The third-order valence-corrected chi connectivity index (χ3v) is 9.68. The Morgan fingerprint density at radius 1 is 0.786 bits per heavy atom. The Morgan fingerprint density at radius 3 is 2.29 bits per heavy atom. The van der Waals surface area contributed by atoms with E-state index in [-0.39, 0.29) is 0 Å². The predicted molar refractivity (Wildman–Crippen MR) is 122 cm³/mol. The molecule has 0 aliphatic heterocycles. The van der Waals surface area contributed by atoms with Crippen molar-refractivity contribution in [2.45, 2.75) is 24.2 Å². The van der Waals surface area contributed by atoms with Gasteiger partial charge in [-0.25, -0.2) is 0 Å². The predicted octanol–water partition coefficient (Wildman–Crippen LogP) is 6.65. The summed E-state index contributed by atoms with van der Waals surface area (Å²) in [7, 11) is 0. The maximum atomic E-state index is 6.31. The van der Waals surface area contributed by atoms with E-state index < -0.39 is 13.3 Å². The van der Waals surface area contributed by atoms with E-state index in [0.29, 0.717) is 0 Å². The molecule has 3 aromatic carbocycles. The zero-order valence-electron chi connectivity index (χ0n) is 16.7. The van der Waals surface area contributed by atoms with Crippen molar-refractivity contribution in [1.82, 2.24) is 4.98 Å². The minimum atomic E-state index is -2.09. The maximum absolute atomic E-state index is 6.31. The first kappa shape index (κ1) is 17.5. The molecule has 5 aromatic rings. The van der Waals surface area contributed by atoms with Crippen LogP contribution in [0.4, 0.5) is 0 Å². The molecular weight excluding hydrogens is 403 g/mol. The van der Waals surface area contributed by atoms with Gasteiger partial charge in [-0.15, -0.1) is 0 Å². The zero-order chi connectivity index (χ0) is 19.5. The van der Waals surface area contributed by atoms with E-state index >= 15 is 0 Å². The van der Waals surface area contributed by atoms with E-state index in [1.54, 1.807) is 0 Å². The average molecular weight is 426 g/mol. The molecule has 2 heterocycles. The monoisotopic (exact) mass is 427 g/mol. The molecular formula is C25H23GeNO. The summed E-state index contributed by atoms with van der Waals surface area (Å²) in [5, 5.41) is 3.63. The standard InChI is InChI=1S/C25H23GeNO/c1-16-13-19-17-9-6-8-12-24(17)28-25(19)20(14-16)23-15-21(26(2,3)4)18-10-5-7-11-22(18)27-23/h5-15H,1-4H3. The average Bonchev–Trinajstić information content (AvgIpc) is 3.04. The van der Waals surface area contributed by atoms with E-state index in [1.165, 1.54) is 20.7 Å². The van der Waals surface area contributed by atoms with Crippen LogP contribution in [-0.4, -0.2) is 18.3 Å². The van der Waals surface area contributed by atoms with Crippen LogP contribution in [0, 0.1) is 6.92 Å². The molecule has 2 aromatic heterocycles. The fraction of sp³-hybridized carbons (Fsp3) is 0.160. The first-order valence-electron chi connectivity index (χ1n) is 9.74. The topological polar surface area (TPSA) is 26.0 Å². The van der Waals surface area contributed by atoms with E-state index in [0.717, 1.165) is 33.3 Å². The summed E-state index contributed by atoms with van der Waals surface area (Å²) in [5.74, 6) is 7.33. The van der Waals surface area contributed by atoms with Gasteiger partial charge in [0.25, 0.3) is 0 Å². The Kier molecular flexibility index (Phi) is 3.88. The molecule has 0 fully saturated rings. The second kappa shape index (κ2) is 6.21. The number of aromatic nitrogens is 1. The van der Waals surface area contributed by atoms with Crippen LogP contribution < -0.4 is 4.40 Å². The van der Waals surface area contributed by atoms with Crippen LogP contribution in [0.5, 0.6) is 0 Å². The number of rotatable bonds is 2. The van der Waals surface area contributed by atoms with Crippen molar-refractivity contribution >= 4 is 50.5 Å². The van der Waals surface area contributed by atoms with Crippen molar-refractivity contribution in [3.63, 3.8) is 0 Å². The Morgan fingerprint density at radius 2 is 1.50 bits per heavy atom. The molecule has 28 heavy (non-hydrogen) atoms. The van der Waals surface area contributed by atoms with Crippen LogP contribution in [0.2, 0.25) is 17.3 Å². The second-order valence-electron chi connectivity index (χ2n) is 8.61. The zero-order valence-corrected chi connectivity index (χ0v) is 18.8. The third-order valence-electron chi connectivity index (χ3n) is 5.42. The van der Waals surface area contributed by atoms with E-state index in [4.69, 9.17) is 9.40 Å². The Bertz CT molecular complexity index is 1360. The van der Waals surface area contributed by atoms with Crippen LogP contribution in [0.25, 0.3) is 44.1 Å². The van der Waals surface area contributed by atoms with Gasteiger partial charge in [-0.05, 0) is 0 Å². The number of benzene rings is 3. The summed E-state index contributed by atoms with van der Waals surface area (Å²) < 4.78 is 7.80. The van der Waals surface area contributed by atoms with Crippen LogP contribution >= 0.6 is 0 Å². The summed E-state index contributed by atoms with van der Waals surface area (Å²) >= 11 is -2.09. The number of hydrogen-bond acceptors (Lipinski definition) is 2. The van der Waals surface area contributed by atoms with E-state index in [1.807, 2.05) is 12.1 Å². The summed E-state index contributed by atoms with van der Waals surface area (Å²) in [5.41, 5.74) is 6.26. The third kappa shape index (κ3) is 2.75. The van der Waals surface area contributed by atoms with Crippen LogP contribution in [0.1, 0.15) is 5.56 Å². The molecule has 2 nitrogen and oxygen atoms in total. The molecule has 3 heteroatoms. The molecule has 0 atom stereocenters. The van der Waals surface area contributed by atoms with Crippen LogP contribution in [0.3, 0.4) is 0 Å². The van der Waals surface area contributed by atoms with Gasteiger partial charge >= 0.3 is 168 Å². The fourth-order valence-electron chi connectivity index (χ4n) is 4.10. The summed E-state index contributed by atoms with van der Waals surface area (Å²) in [4.78, 5) is 5.05. The van der Waals surface area contributed by atoms with Gasteiger partial charge in [-0.2, -0.15) is 0 Å². The van der Waals surface area contributed by atoms with Gasteiger partial charge in [0.2, 0.25) is 0 Å². The van der Waals surface area contributed by atoms with E-state index in [2.05, 4.69) is 78.8 Å². The van der Waals surface area contributed by atoms with Gasteiger partial charge in [0.1, 0.15) is 0 Å². The first-order valence-corrected chi connectivity index (χ1v) is 17.1. The van der Waals surface area contributed by atoms with Crippen molar-refractivity contribution in [2.75, 3.05) is 0 Å². The summed E-state index contributed by atoms with van der Waals surface area (Å²) in [6.07, 6.45) is 0. The molecule has 0 radical (unpaired) electrons. The molecule has 0 aliphatic carbocycles. The number of pyridine rings is 1. The van der Waals surface area contributed by atoms with Crippen molar-refractivity contribution in [3.8, 4) is 11.3 Å². The first-order chi connectivity index (χ1) is 13.4. The Labute approximate surface area is 167 Å². The molecule has 5 rings (SSSR count). The minimum absolute atomic E-state index is 0.929. The Hall–Kier alpha value is -2.59. The van der Waals surface area contributed by atoms with Crippen molar-refractivity contribution < 1.29 is 4.42 Å². The number of aryl methyl sites for hydroxylation is 1. The Balaban J connectivity index is 1.89. The molecule has 0 N–H and O–H groups in total. The van der Waals surface area contributed by atoms with Crippen molar-refractivity contribution in [3.05, 3.63) is 72.3 Å². The quantitative estimate of drug-likeness (QED) is 0.296. The number of fused-ring (bicyclic) bond motifs is 4. The molecule has 0 bridgehead atoms. The SMILES string of the molecule is Cc1cc(-c2c[c]([Ge]([CH3])([CH3])[CH3])c3ccccc3n2)c2oc3ccccc3c2c1. The molecule has 0 amide bonds. The van der Waals surface area contributed by atoms with Gasteiger partial charge < -0.3 is 0 Å². The van der Waals surface area contributed by atoms with Gasteiger partial charge in [-0.3, -0.25) is 0 Å². The number of nitrogens with zero attached hydrogens (tertiary/aromatic N) is 1. The number of furan rings is 1. The summed E-state index contributed by atoms with van der Waals surface area (Å²) in [6.45, 7) is 2.15. The summed E-state index contributed by atoms with van der Waals surface area (Å²) in [6, 6.07) is 23.5. The van der Waals surface area contributed by atoms with Crippen LogP contribution in [-0.2, 0) is 0 Å². The van der Waals surface area contributed by atoms with Gasteiger partial charge in [-0.1, -0.05) is 0 Å². The molecule has 0 unspecified atom stereocenters. The van der Waals surface area contributed by atoms with Gasteiger partial charge in [0.05, 0.1) is 0 Å². The van der Waals surface area contributed by atoms with Crippen molar-refractivity contribution in [2.24, 2.45) is 0 Å². The second-order valence-corrected chi connectivity index (χ2v) is 19.2. The molecule has 0 saturated heterocycles.